The number of pyridine rings is 1. The Morgan fingerprint density at radius 2 is 1.90 bits per heavy atom. The molecule has 2 aliphatic heterocycles. The van der Waals surface area contributed by atoms with Crippen LogP contribution in [0, 0.1) is 5.41 Å². The quantitative estimate of drug-likeness (QED) is 0.723. The molecule has 1 aromatic heterocycles. The van der Waals surface area contributed by atoms with Crippen LogP contribution in [0.25, 0.3) is 0 Å². The van der Waals surface area contributed by atoms with Gasteiger partial charge in [-0.05, 0) is 45.7 Å². The Bertz CT molecular complexity index is 780. The van der Waals surface area contributed by atoms with E-state index in [2.05, 4.69) is 4.98 Å². The van der Waals surface area contributed by atoms with Crippen molar-refractivity contribution in [3.8, 4) is 0 Å². The van der Waals surface area contributed by atoms with Crippen molar-refractivity contribution in [3.63, 3.8) is 0 Å². The molecule has 1 atom stereocenters. The van der Waals surface area contributed by atoms with E-state index in [-0.39, 0.29) is 30.5 Å². The number of likely N-dealkylation sites (tertiary alicyclic amines) is 2. The van der Waals surface area contributed by atoms with Gasteiger partial charge in [-0.3, -0.25) is 14.6 Å². The van der Waals surface area contributed by atoms with Crippen molar-refractivity contribution in [2.24, 2.45) is 5.41 Å². The Kier molecular flexibility index (Phi) is 5.56. The number of likely N-dealkylation sites (N-methyl/N-ethyl adjacent to an activating group) is 1. The van der Waals surface area contributed by atoms with Gasteiger partial charge in [0.05, 0.1) is 17.2 Å². The fourth-order valence-electron chi connectivity index (χ4n) is 4.09. The molecule has 3 heterocycles. The highest BCUT2D eigenvalue weighted by Crippen LogP contribution is 2.55. The van der Waals surface area contributed by atoms with Gasteiger partial charge in [0, 0.05) is 33.4 Å². The molecule has 3 amide bonds. The van der Waals surface area contributed by atoms with Crippen LogP contribution in [0.5, 0.6) is 0 Å². The van der Waals surface area contributed by atoms with E-state index in [1.165, 1.54) is 4.90 Å². The molecule has 2 fully saturated rings. The second-order valence-electron chi connectivity index (χ2n) is 9.00. The van der Waals surface area contributed by atoms with Crippen LogP contribution in [-0.4, -0.2) is 76.9 Å². The van der Waals surface area contributed by atoms with Gasteiger partial charge in [0.2, 0.25) is 11.8 Å². The zero-order chi connectivity index (χ0) is 21.4. The number of nitrogens with zero attached hydrogens (tertiary/aromatic N) is 4. The summed E-state index contributed by atoms with van der Waals surface area (Å²) >= 11 is 0. The molecule has 2 saturated heterocycles. The van der Waals surface area contributed by atoms with Gasteiger partial charge in [-0.2, -0.15) is 0 Å². The first-order valence-electron chi connectivity index (χ1n) is 9.95. The fraction of sp³-hybridized carbons (Fsp3) is 0.619. The standard InChI is InChI=1S/C21H30N4O4/c1-20(2,3)29-19(28)24-12-9-21(10-13-24)17(15-8-6-7-11-22-15)25(18(21)27)14-16(26)23(4)5/h6-8,11,17H,9-10,12-14H2,1-5H3. The first kappa shape index (κ1) is 21.1. The van der Waals surface area contributed by atoms with Crippen LogP contribution in [0.1, 0.15) is 45.3 Å². The SMILES string of the molecule is CN(C)C(=O)CN1C(=O)C2(CCN(C(=O)OC(C)(C)C)CC2)C1c1ccccn1. The highest BCUT2D eigenvalue weighted by molar-refractivity contribution is 5.94. The summed E-state index contributed by atoms with van der Waals surface area (Å²) < 4.78 is 5.46. The van der Waals surface area contributed by atoms with Gasteiger partial charge in [0.15, 0.2) is 0 Å². The lowest BCUT2D eigenvalue weighted by Crippen LogP contribution is -2.67. The number of piperidine rings is 1. The summed E-state index contributed by atoms with van der Waals surface area (Å²) in [6.07, 6.45) is 2.40. The summed E-state index contributed by atoms with van der Waals surface area (Å²) in [5, 5.41) is 0. The maximum Gasteiger partial charge on any atom is 0.410 e. The molecular weight excluding hydrogens is 372 g/mol. The molecule has 1 aromatic rings. The zero-order valence-corrected chi connectivity index (χ0v) is 17.8. The third-order valence-electron chi connectivity index (χ3n) is 5.60. The monoisotopic (exact) mass is 402 g/mol. The Balaban J connectivity index is 1.78. The summed E-state index contributed by atoms with van der Waals surface area (Å²) in [7, 11) is 3.36. The van der Waals surface area contributed by atoms with E-state index in [1.807, 2.05) is 39.0 Å². The molecule has 0 aliphatic carbocycles. The fourth-order valence-corrected chi connectivity index (χ4v) is 4.09. The van der Waals surface area contributed by atoms with Crippen molar-refractivity contribution in [3.05, 3.63) is 30.1 Å². The van der Waals surface area contributed by atoms with Crippen molar-refractivity contribution >= 4 is 17.9 Å². The van der Waals surface area contributed by atoms with E-state index in [1.54, 1.807) is 30.1 Å². The smallest absolute Gasteiger partial charge is 0.410 e. The topological polar surface area (TPSA) is 83.1 Å². The molecule has 0 radical (unpaired) electrons. The molecule has 29 heavy (non-hydrogen) atoms. The molecular formula is C21H30N4O4. The summed E-state index contributed by atoms with van der Waals surface area (Å²) in [6, 6.07) is 5.35. The Morgan fingerprint density at radius 3 is 2.41 bits per heavy atom. The maximum absolute atomic E-state index is 13.2. The minimum Gasteiger partial charge on any atom is -0.444 e. The number of carbonyl (C=O) groups excluding carboxylic acids is 3. The number of hydrogen-bond acceptors (Lipinski definition) is 5. The molecule has 0 aromatic carbocycles. The average molecular weight is 402 g/mol. The molecule has 0 bridgehead atoms. The van der Waals surface area contributed by atoms with E-state index in [0.29, 0.717) is 25.9 Å². The van der Waals surface area contributed by atoms with E-state index in [9.17, 15) is 14.4 Å². The van der Waals surface area contributed by atoms with Crippen molar-refractivity contribution < 1.29 is 19.1 Å². The van der Waals surface area contributed by atoms with Crippen LogP contribution in [0.2, 0.25) is 0 Å². The molecule has 1 spiro atoms. The van der Waals surface area contributed by atoms with Crippen molar-refractivity contribution in [2.75, 3.05) is 33.7 Å². The molecule has 158 valence electrons. The molecule has 3 rings (SSSR count). The van der Waals surface area contributed by atoms with Crippen molar-refractivity contribution in [1.29, 1.82) is 0 Å². The Morgan fingerprint density at radius 1 is 1.24 bits per heavy atom. The van der Waals surface area contributed by atoms with Crippen molar-refractivity contribution in [1.82, 2.24) is 19.7 Å². The Labute approximate surface area is 171 Å². The number of rotatable bonds is 3. The second-order valence-corrected chi connectivity index (χ2v) is 9.00. The number of aromatic nitrogens is 1. The van der Waals surface area contributed by atoms with E-state index < -0.39 is 11.0 Å². The highest BCUT2D eigenvalue weighted by atomic mass is 16.6. The molecule has 8 heteroatoms. The predicted octanol–water partition coefficient (Wildman–Crippen LogP) is 2.07. The molecule has 8 nitrogen and oxygen atoms in total. The lowest BCUT2D eigenvalue weighted by Gasteiger charge is -2.58. The van der Waals surface area contributed by atoms with Crippen LogP contribution in [0.15, 0.2) is 24.4 Å². The third-order valence-corrected chi connectivity index (χ3v) is 5.60. The van der Waals surface area contributed by atoms with E-state index >= 15 is 0 Å². The van der Waals surface area contributed by atoms with E-state index in [4.69, 9.17) is 4.74 Å². The number of amides is 3. The average Bonchev–Trinajstić information content (AvgIpc) is 2.66. The third kappa shape index (κ3) is 4.06. The van der Waals surface area contributed by atoms with Crippen LogP contribution in [-0.2, 0) is 14.3 Å². The Hall–Kier alpha value is -2.64. The summed E-state index contributed by atoms with van der Waals surface area (Å²) in [5.74, 6) is -0.160. The highest BCUT2D eigenvalue weighted by Gasteiger charge is 2.62. The van der Waals surface area contributed by atoms with Gasteiger partial charge < -0.3 is 19.4 Å². The molecule has 1 unspecified atom stereocenters. The number of ether oxygens (including phenoxy) is 1. The minimum atomic E-state index is -0.626. The second kappa shape index (κ2) is 7.65. The minimum absolute atomic E-state index is 0.0323. The molecule has 0 N–H and O–H groups in total. The normalized spacial score (nSPS) is 21.0. The van der Waals surface area contributed by atoms with Crippen LogP contribution in [0.3, 0.4) is 0 Å². The molecule has 0 saturated carbocycles. The van der Waals surface area contributed by atoms with Gasteiger partial charge in [-0.25, -0.2) is 4.79 Å². The lowest BCUT2D eigenvalue weighted by atomic mass is 9.63. The van der Waals surface area contributed by atoms with Crippen LogP contribution >= 0.6 is 0 Å². The van der Waals surface area contributed by atoms with Gasteiger partial charge in [-0.1, -0.05) is 6.07 Å². The van der Waals surface area contributed by atoms with Gasteiger partial charge in [0.25, 0.3) is 0 Å². The van der Waals surface area contributed by atoms with Gasteiger partial charge >= 0.3 is 6.09 Å². The first-order chi connectivity index (χ1) is 13.5. The van der Waals surface area contributed by atoms with Gasteiger partial charge in [0.1, 0.15) is 12.1 Å². The van der Waals surface area contributed by atoms with Crippen LogP contribution < -0.4 is 0 Å². The molecule has 2 aliphatic rings. The van der Waals surface area contributed by atoms with Crippen LogP contribution in [0.4, 0.5) is 4.79 Å². The number of carbonyl (C=O) groups is 3. The van der Waals surface area contributed by atoms with Gasteiger partial charge in [-0.15, -0.1) is 0 Å². The maximum atomic E-state index is 13.2. The largest absolute Gasteiger partial charge is 0.444 e. The number of β-lactam (4-membered cyclic amide) rings is 1. The summed E-state index contributed by atoms with van der Waals surface area (Å²) in [4.78, 5) is 47.1. The predicted molar refractivity (Wildman–Crippen MR) is 107 cm³/mol. The van der Waals surface area contributed by atoms with Crippen molar-refractivity contribution in [2.45, 2.75) is 45.3 Å². The summed E-state index contributed by atoms with van der Waals surface area (Å²) in [5.41, 5.74) is -0.401. The lowest BCUT2D eigenvalue weighted by molar-refractivity contribution is -0.182. The van der Waals surface area contributed by atoms with E-state index in [0.717, 1.165) is 5.69 Å². The zero-order valence-electron chi connectivity index (χ0n) is 17.8. The number of hydrogen-bond donors (Lipinski definition) is 0. The summed E-state index contributed by atoms with van der Waals surface area (Å²) in [6.45, 7) is 6.43. The first-order valence-corrected chi connectivity index (χ1v) is 9.95.